The summed E-state index contributed by atoms with van der Waals surface area (Å²) in [7, 11) is 0. The molecule has 3 aromatic rings. The number of hydrogen-bond acceptors (Lipinski definition) is 3. The van der Waals surface area contributed by atoms with Crippen molar-refractivity contribution in [2.24, 2.45) is 0 Å². The molecule has 1 unspecified atom stereocenters. The van der Waals surface area contributed by atoms with Crippen molar-refractivity contribution in [1.82, 2.24) is 10.6 Å². The maximum absolute atomic E-state index is 12.2. The zero-order valence-electron chi connectivity index (χ0n) is 13.3. The van der Waals surface area contributed by atoms with Crippen LogP contribution < -0.4 is 10.6 Å². The van der Waals surface area contributed by atoms with Crippen molar-refractivity contribution in [3.8, 4) is 0 Å². The summed E-state index contributed by atoms with van der Waals surface area (Å²) >= 11 is 1.35. The quantitative estimate of drug-likeness (QED) is 0.750. The van der Waals surface area contributed by atoms with Crippen LogP contribution in [0.4, 0.5) is 0 Å². The molecule has 122 valence electrons. The van der Waals surface area contributed by atoms with Crippen LogP contribution in [-0.2, 0) is 11.3 Å². The lowest BCUT2D eigenvalue weighted by Gasteiger charge is -2.14. The fraction of sp³-hybridized carbons (Fsp3) is 0.158. The molecule has 0 radical (unpaired) electrons. The van der Waals surface area contributed by atoms with Crippen LogP contribution in [-0.4, -0.2) is 17.9 Å². The van der Waals surface area contributed by atoms with Crippen LogP contribution in [0, 0.1) is 0 Å². The molecule has 0 aliphatic heterocycles. The van der Waals surface area contributed by atoms with Gasteiger partial charge >= 0.3 is 0 Å². The third-order valence-electron chi connectivity index (χ3n) is 3.77. The Kier molecular flexibility index (Phi) is 4.91. The minimum absolute atomic E-state index is 0.201. The van der Waals surface area contributed by atoms with E-state index in [0.29, 0.717) is 11.4 Å². The average molecular weight is 338 g/mol. The molecule has 0 bridgehead atoms. The second kappa shape index (κ2) is 7.27. The standard InChI is InChI=1S/C19H18N2O2S/c1-13(21-19(23)17-7-4-10-24-17)18(22)20-12-14-8-9-15-5-2-3-6-16(15)11-14/h2-11,13H,12H2,1H3,(H,20,22)(H,21,23). The van der Waals surface area contributed by atoms with E-state index in [9.17, 15) is 9.59 Å². The van der Waals surface area contributed by atoms with E-state index < -0.39 is 6.04 Å². The Bertz CT molecular complexity index is 859. The molecule has 0 fully saturated rings. The van der Waals surface area contributed by atoms with Crippen molar-refractivity contribution >= 4 is 33.9 Å². The Balaban J connectivity index is 1.56. The first-order valence-corrected chi connectivity index (χ1v) is 8.61. The maximum atomic E-state index is 12.2. The Morgan fingerprint density at radius 2 is 1.83 bits per heavy atom. The molecule has 0 saturated heterocycles. The highest BCUT2D eigenvalue weighted by atomic mass is 32.1. The molecule has 4 nitrogen and oxygen atoms in total. The highest BCUT2D eigenvalue weighted by Gasteiger charge is 2.16. The number of hydrogen-bond donors (Lipinski definition) is 2. The van der Waals surface area contributed by atoms with Crippen molar-refractivity contribution in [3.63, 3.8) is 0 Å². The number of benzene rings is 2. The van der Waals surface area contributed by atoms with Gasteiger partial charge in [-0.1, -0.05) is 42.5 Å². The smallest absolute Gasteiger partial charge is 0.261 e. The Hall–Kier alpha value is -2.66. The Labute approximate surface area is 144 Å². The predicted molar refractivity (Wildman–Crippen MR) is 97.0 cm³/mol. The van der Waals surface area contributed by atoms with Crippen molar-refractivity contribution in [2.45, 2.75) is 19.5 Å². The van der Waals surface area contributed by atoms with Crippen LogP contribution in [0.1, 0.15) is 22.2 Å². The molecular formula is C19H18N2O2S. The summed E-state index contributed by atoms with van der Waals surface area (Å²) in [5.74, 6) is -0.425. The lowest BCUT2D eigenvalue weighted by atomic mass is 10.1. The number of nitrogens with one attached hydrogen (secondary N) is 2. The monoisotopic (exact) mass is 338 g/mol. The van der Waals surface area contributed by atoms with E-state index in [-0.39, 0.29) is 11.8 Å². The molecule has 2 N–H and O–H groups in total. The predicted octanol–water partition coefficient (Wildman–Crippen LogP) is 3.34. The summed E-state index contributed by atoms with van der Waals surface area (Å²) in [6, 6.07) is 17.2. The highest BCUT2D eigenvalue weighted by Crippen LogP contribution is 2.15. The first-order chi connectivity index (χ1) is 11.6. The fourth-order valence-electron chi connectivity index (χ4n) is 2.43. The number of thiophene rings is 1. The molecule has 0 spiro atoms. The summed E-state index contributed by atoms with van der Waals surface area (Å²) in [6.45, 7) is 2.12. The van der Waals surface area contributed by atoms with E-state index in [1.54, 1.807) is 13.0 Å². The van der Waals surface area contributed by atoms with Gasteiger partial charge in [0.1, 0.15) is 6.04 Å². The van der Waals surface area contributed by atoms with Crippen LogP contribution >= 0.6 is 11.3 Å². The SMILES string of the molecule is CC(NC(=O)c1cccs1)C(=O)NCc1ccc2ccccc2c1. The number of carbonyl (C=O) groups excluding carboxylic acids is 2. The third kappa shape index (κ3) is 3.81. The van der Waals surface area contributed by atoms with Gasteiger partial charge in [0.25, 0.3) is 5.91 Å². The van der Waals surface area contributed by atoms with Crippen LogP contribution in [0.5, 0.6) is 0 Å². The van der Waals surface area contributed by atoms with Gasteiger partial charge in [0.2, 0.25) is 5.91 Å². The molecule has 24 heavy (non-hydrogen) atoms. The molecule has 2 aromatic carbocycles. The Morgan fingerprint density at radius 1 is 1.04 bits per heavy atom. The first kappa shape index (κ1) is 16.2. The van der Waals surface area contributed by atoms with Gasteiger partial charge in [0.15, 0.2) is 0 Å². The summed E-state index contributed by atoms with van der Waals surface area (Å²) in [5.41, 5.74) is 1.03. The average Bonchev–Trinajstić information content (AvgIpc) is 3.14. The zero-order valence-corrected chi connectivity index (χ0v) is 14.1. The van der Waals surface area contributed by atoms with Gasteiger partial charge in [-0.25, -0.2) is 0 Å². The Morgan fingerprint density at radius 3 is 2.58 bits per heavy atom. The number of rotatable bonds is 5. The molecular weight excluding hydrogens is 320 g/mol. The van der Waals surface area contributed by atoms with Gasteiger partial charge in [-0.15, -0.1) is 11.3 Å². The molecule has 0 aliphatic rings. The molecule has 2 amide bonds. The molecule has 1 aromatic heterocycles. The first-order valence-electron chi connectivity index (χ1n) is 7.73. The van der Waals surface area contributed by atoms with Gasteiger partial charge < -0.3 is 10.6 Å². The topological polar surface area (TPSA) is 58.2 Å². The number of carbonyl (C=O) groups is 2. The summed E-state index contributed by atoms with van der Waals surface area (Å²) in [4.78, 5) is 24.7. The maximum Gasteiger partial charge on any atom is 0.261 e. The summed E-state index contributed by atoms with van der Waals surface area (Å²) in [6.07, 6.45) is 0. The van der Waals surface area contributed by atoms with Crippen molar-refractivity contribution in [3.05, 3.63) is 70.4 Å². The van der Waals surface area contributed by atoms with Crippen LogP contribution in [0.25, 0.3) is 10.8 Å². The van der Waals surface area contributed by atoms with Gasteiger partial charge in [-0.2, -0.15) is 0 Å². The zero-order chi connectivity index (χ0) is 16.9. The number of fused-ring (bicyclic) bond motifs is 1. The van der Waals surface area contributed by atoms with E-state index in [0.717, 1.165) is 10.9 Å². The van der Waals surface area contributed by atoms with Crippen LogP contribution in [0.3, 0.4) is 0 Å². The molecule has 3 rings (SSSR count). The van der Waals surface area contributed by atoms with Crippen molar-refractivity contribution in [1.29, 1.82) is 0 Å². The van der Waals surface area contributed by atoms with Gasteiger partial charge in [-0.05, 0) is 40.8 Å². The summed E-state index contributed by atoms with van der Waals surface area (Å²) < 4.78 is 0. The van der Waals surface area contributed by atoms with E-state index in [4.69, 9.17) is 0 Å². The lowest BCUT2D eigenvalue weighted by Crippen LogP contribution is -2.44. The molecule has 1 atom stereocenters. The summed E-state index contributed by atoms with van der Waals surface area (Å²) in [5, 5.41) is 9.72. The molecule has 1 heterocycles. The van der Waals surface area contributed by atoms with Gasteiger partial charge in [-0.3, -0.25) is 9.59 Å². The van der Waals surface area contributed by atoms with Crippen LogP contribution in [0.15, 0.2) is 60.0 Å². The minimum atomic E-state index is -0.583. The van der Waals surface area contributed by atoms with Crippen molar-refractivity contribution < 1.29 is 9.59 Å². The second-order valence-corrected chi connectivity index (χ2v) is 6.52. The molecule has 0 aliphatic carbocycles. The van der Waals surface area contributed by atoms with E-state index in [1.807, 2.05) is 41.8 Å². The van der Waals surface area contributed by atoms with E-state index >= 15 is 0 Å². The van der Waals surface area contributed by atoms with E-state index in [1.165, 1.54) is 16.7 Å². The minimum Gasteiger partial charge on any atom is -0.350 e. The second-order valence-electron chi connectivity index (χ2n) is 5.57. The highest BCUT2D eigenvalue weighted by molar-refractivity contribution is 7.12. The largest absolute Gasteiger partial charge is 0.350 e. The third-order valence-corrected chi connectivity index (χ3v) is 4.64. The fourth-order valence-corrected chi connectivity index (χ4v) is 3.06. The van der Waals surface area contributed by atoms with Gasteiger partial charge in [0.05, 0.1) is 4.88 Å². The molecule has 0 saturated carbocycles. The lowest BCUT2D eigenvalue weighted by molar-refractivity contribution is -0.122. The van der Waals surface area contributed by atoms with Crippen LogP contribution in [0.2, 0.25) is 0 Å². The van der Waals surface area contributed by atoms with Crippen molar-refractivity contribution in [2.75, 3.05) is 0 Å². The van der Waals surface area contributed by atoms with Gasteiger partial charge in [0, 0.05) is 6.54 Å². The normalized spacial score (nSPS) is 11.9. The van der Waals surface area contributed by atoms with E-state index in [2.05, 4.69) is 22.8 Å². The molecule has 5 heteroatoms. The number of amides is 2.